The van der Waals surface area contributed by atoms with Crippen molar-refractivity contribution in [2.75, 3.05) is 0 Å². The van der Waals surface area contributed by atoms with Crippen molar-refractivity contribution in [3.63, 3.8) is 0 Å². The maximum absolute atomic E-state index is 11.5. The smallest absolute Gasteiger partial charge is 0.310 e. The minimum Gasteiger partial charge on any atom is -0.481 e. The Morgan fingerprint density at radius 1 is 1.00 bits per heavy atom. The lowest BCUT2D eigenvalue weighted by atomic mass is 9.92. The molecule has 0 bridgehead atoms. The fourth-order valence-corrected chi connectivity index (χ4v) is 3.25. The highest BCUT2D eigenvalue weighted by atomic mass is 16.6. The van der Waals surface area contributed by atoms with Crippen LogP contribution in [-0.4, -0.2) is 16.0 Å². The van der Waals surface area contributed by atoms with Gasteiger partial charge < -0.3 is 5.11 Å². The van der Waals surface area contributed by atoms with Gasteiger partial charge in [-0.3, -0.25) is 14.9 Å². The van der Waals surface area contributed by atoms with Crippen LogP contribution in [-0.2, 0) is 4.79 Å². The molecule has 0 aliphatic rings. The summed E-state index contributed by atoms with van der Waals surface area (Å²) in [6, 6.07) is 6.01. The number of non-ortho nitro benzene ring substituents is 1. The van der Waals surface area contributed by atoms with E-state index in [1.807, 2.05) is 0 Å². The lowest BCUT2D eigenvalue weighted by Gasteiger charge is -2.12. The number of hydrogen-bond acceptors (Lipinski definition) is 3. The van der Waals surface area contributed by atoms with E-state index in [2.05, 4.69) is 13.8 Å². The van der Waals surface area contributed by atoms with E-state index in [0.717, 1.165) is 25.2 Å². The molecule has 146 valence electrons. The molecule has 1 unspecified atom stereocenters. The summed E-state index contributed by atoms with van der Waals surface area (Å²) >= 11 is 0. The molecule has 0 saturated carbocycles. The predicted molar refractivity (Wildman–Crippen MR) is 104 cm³/mol. The summed E-state index contributed by atoms with van der Waals surface area (Å²) in [6.45, 7) is 4.52. The normalized spacial score (nSPS) is 12.3. The van der Waals surface area contributed by atoms with Gasteiger partial charge in [-0.25, -0.2) is 0 Å². The van der Waals surface area contributed by atoms with Crippen molar-refractivity contribution >= 4 is 11.7 Å². The molecule has 0 aromatic heterocycles. The molecular formula is C21H33NO4. The number of nitro groups is 1. The number of rotatable bonds is 14. The Morgan fingerprint density at radius 3 is 2.04 bits per heavy atom. The second kappa shape index (κ2) is 12.4. The van der Waals surface area contributed by atoms with Crippen molar-refractivity contribution in [3.8, 4) is 0 Å². The number of nitrogens with zero attached hydrogens (tertiary/aromatic N) is 1. The molecule has 0 spiro atoms. The van der Waals surface area contributed by atoms with E-state index < -0.39 is 16.8 Å². The van der Waals surface area contributed by atoms with Gasteiger partial charge >= 0.3 is 5.97 Å². The first-order valence-electron chi connectivity index (χ1n) is 9.89. The largest absolute Gasteiger partial charge is 0.481 e. The van der Waals surface area contributed by atoms with E-state index in [1.54, 1.807) is 12.1 Å². The molecule has 1 rings (SSSR count). The molecule has 1 aromatic carbocycles. The number of hydrogen-bond donors (Lipinski definition) is 1. The maximum atomic E-state index is 11.5. The summed E-state index contributed by atoms with van der Waals surface area (Å²) in [4.78, 5) is 21.9. The first-order chi connectivity index (χ1) is 12.4. The second-order valence-electron chi connectivity index (χ2n) is 7.54. The van der Waals surface area contributed by atoms with Crippen LogP contribution in [0, 0.1) is 16.0 Å². The van der Waals surface area contributed by atoms with Gasteiger partial charge in [-0.05, 0) is 17.9 Å². The van der Waals surface area contributed by atoms with Gasteiger partial charge in [-0.1, -0.05) is 83.8 Å². The van der Waals surface area contributed by atoms with Crippen LogP contribution in [0.4, 0.5) is 5.69 Å². The molecule has 0 aliphatic heterocycles. The highest BCUT2D eigenvalue weighted by Crippen LogP contribution is 2.26. The number of aliphatic carboxylic acids is 1. The van der Waals surface area contributed by atoms with Crippen LogP contribution in [0.1, 0.15) is 89.5 Å². The van der Waals surface area contributed by atoms with E-state index in [-0.39, 0.29) is 5.69 Å². The van der Waals surface area contributed by atoms with Crippen molar-refractivity contribution in [1.82, 2.24) is 0 Å². The van der Waals surface area contributed by atoms with E-state index >= 15 is 0 Å². The van der Waals surface area contributed by atoms with Crippen molar-refractivity contribution in [2.45, 2.75) is 84.0 Å². The van der Waals surface area contributed by atoms with E-state index in [1.165, 1.54) is 50.7 Å². The Hall–Kier alpha value is -1.91. The summed E-state index contributed by atoms with van der Waals surface area (Å²) in [7, 11) is 0. The average Bonchev–Trinajstić information content (AvgIpc) is 2.59. The third-order valence-electron chi connectivity index (χ3n) is 4.81. The monoisotopic (exact) mass is 363 g/mol. The summed E-state index contributed by atoms with van der Waals surface area (Å²) in [6.07, 6.45) is 11.2. The fraction of sp³-hybridized carbons (Fsp3) is 0.667. The highest BCUT2D eigenvalue weighted by Gasteiger charge is 2.21. The molecule has 5 heteroatoms. The summed E-state index contributed by atoms with van der Waals surface area (Å²) < 4.78 is 0. The molecule has 0 saturated heterocycles. The standard InChI is InChI=1S/C21H33NO4/c1-17(2)12-9-7-5-3-4-6-8-10-15-20(21(23)24)18-13-11-14-19(16-18)22(25)26/h11,13-14,16-17,20H,3-10,12,15H2,1-2H3,(H,23,24). The molecule has 0 fully saturated rings. The number of nitro benzene ring substituents is 1. The number of benzene rings is 1. The van der Waals surface area contributed by atoms with Gasteiger partial charge in [0.25, 0.3) is 5.69 Å². The van der Waals surface area contributed by atoms with Gasteiger partial charge in [0.05, 0.1) is 10.8 Å². The SMILES string of the molecule is CC(C)CCCCCCCCCCC(C(=O)O)c1cccc([N+](=O)[O-])c1. The first-order valence-corrected chi connectivity index (χ1v) is 9.89. The maximum Gasteiger partial charge on any atom is 0.310 e. The van der Waals surface area contributed by atoms with Crippen molar-refractivity contribution in [1.29, 1.82) is 0 Å². The van der Waals surface area contributed by atoms with Crippen LogP contribution < -0.4 is 0 Å². The van der Waals surface area contributed by atoms with E-state index in [0.29, 0.717) is 12.0 Å². The number of carbonyl (C=O) groups is 1. The molecule has 0 radical (unpaired) electrons. The average molecular weight is 363 g/mol. The molecule has 5 nitrogen and oxygen atoms in total. The molecular weight excluding hydrogens is 330 g/mol. The summed E-state index contributed by atoms with van der Waals surface area (Å²) in [5.74, 6) is -0.773. The third kappa shape index (κ3) is 8.97. The Kier molecular flexibility index (Phi) is 10.6. The van der Waals surface area contributed by atoms with Gasteiger partial charge in [0.1, 0.15) is 0 Å². The van der Waals surface area contributed by atoms with Gasteiger partial charge in [-0.15, -0.1) is 0 Å². The van der Waals surface area contributed by atoms with Crippen LogP contribution in [0.25, 0.3) is 0 Å². The lowest BCUT2D eigenvalue weighted by molar-refractivity contribution is -0.384. The second-order valence-corrected chi connectivity index (χ2v) is 7.54. The van der Waals surface area contributed by atoms with Crippen LogP contribution in [0.15, 0.2) is 24.3 Å². The van der Waals surface area contributed by atoms with Crippen LogP contribution in [0.2, 0.25) is 0 Å². The Labute approximate surface area is 157 Å². The zero-order valence-electron chi connectivity index (χ0n) is 16.2. The zero-order valence-corrected chi connectivity index (χ0v) is 16.2. The number of carboxylic acid groups (broad SMARTS) is 1. The number of carboxylic acids is 1. The van der Waals surface area contributed by atoms with Crippen molar-refractivity contribution in [3.05, 3.63) is 39.9 Å². The minimum absolute atomic E-state index is 0.0498. The molecule has 1 atom stereocenters. The van der Waals surface area contributed by atoms with Crippen LogP contribution >= 0.6 is 0 Å². The first kappa shape index (κ1) is 22.1. The summed E-state index contributed by atoms with van der Waals surface area (Å²) in [5.41, 5.74) is 0.475. The zero-order chi connectivity index (χ0) is 19.4. The number of unbranched alkanes of at least 4 members (excludes halogenated alkanes) is 7. The lowest BCUT2D eigenvalue weighted by Crippen LogP contribution is -2.12. The van der Waals surface area contributed by atoms with Crippen LogP contribution in [0.3, 0.4) is 0 Å². The Morgan fingerprint density at radius 2 is 1.54 bits per heavy atom. The highest BCUT2D eigenvalue weighted by molar-refractivity contribution is 5.76. The van der Waals surface area contributed by atoms with Gasteiger partial charge in [0, 0.05) is 12.1 Å². The van der Waals surface area contributed by atoms with E-state index in [4.69, 9.17) is 0 Å². The van der Waals surface area contributed by atoms with Gasteiger partial charge in [0.2, 0.25) is 0 Å². The van der Waals surface area contributed by atoms with Gasteiger partial charge in [-0.2, -0.15) is 0 Å². The van der Waals surface area contributed by atoms with Crippen molar-refractivity contribution in [2.24, 2.45) is 5.92 Å². The topological polar surface area (TPSA) is 80.4 Å². The van der Waals surface area contributed by atoms with Crippen molar-refractivity contribution < 1.29 is 14.8 Å². The summed E-state index contributed by atoms with van der Waals surface area (Å²) in [5, 5.41) is 20.3. The third-order valence-corrected chi connectivity index (χ3v) is 4.81. The molecule has 1 aromatic rings. The molecule has 26 heavy (non-hydrogen) atoms. The fourth-order valence-electron chi connectivity index (χ4n) is 3.25. The molecule has 0 amide bonds. The molecule has 0 heterocycles. The Balaban J connectivity index is 2.26. The molecule has 1 N–H and O–H groups in total. The van der Waals surface area contributed by atoms with Gasteiger partial charge in [0.15, 0.2) is 0 Å². The van der Waals surface area contributed by atoms with E-state index in [9.17, 15) is 20.0 Å². The minimum atomic E-state index is -0.907. The quantitative estimate of drug-likeness (QED) is 0.238. The predicted octanol–water partition coefficient (Wildman–Crippen LogP) is 6.32. The Bertz CT molecular complexity index is 557. The van der Waals surface area contributed by atoms with Crippen LogP contribution in [0.5, 0.6) is 0 Å². The molecule has 0 aliphatic carbocycles.